The lowest BCUT2D eigenvalue weighted by atomic mass is 9.99. The van der Waals surface area contributed by atoms with Crippen molar-refractivity contribution in [2.24, 2.45) is 0 Å². The van der Waals surface area contributed by atoms with Crippen LogP contribution in [0.2, 0.25) is 5.02 Å². The molecule has 1 aliphatic carbocycles. The van der Waals surface area contributed by atoms with E-state index in [-0.39, 0.29) is 5.82 Å². The van der Waals surface area contributed by atoms with Crippen molar-refractivity contribution in [2.75, 3.05) is 0 Å². The lowest BCUT2D eigenvalue weighted by molar-refractivity contribution is 0.178. The van der Waals surface area contributed by atoms with Crippen molar-refractivity contribution in [3.05, 3.63) is 70.0 Å². The van der Waals surface area contributed by atoms with Crippen LogP contribution in [0.15, 0.2) is 42.5 Å². The maximum Gasteiger partial charge on any atom is 0.123 e. The molecule has 1 N–H and O–H groups in total. The van der Waals surface area contributed by atoms with Gasteiger partial charge in [-0.15, -0.1) is 0 Å². The van der Waals surface area contributed by atoms with E-state index in [2.05, 4.69) is 12.1 Å². The van der Waals surface area contributed by atoms with Crippen LogP contribution in [0.25, 0.3) is 0 Å². The monoisotopic (exact) mass is 290 g/mol. The van der Waals surface area contributed by atoms with Crippen molar-refractivity contribution >= 4 is 11.6 Å². The molecule has 20 heavy (non-hydrogen) atoms. The largest absolute Gasteiger partial charge is 0.388 e. The Morgan fingerprint density at radius 2 is 1.85 bits per heavy atom. The van der Waals surface area contributed by atoms with Crippen molar-refractivity contribution in [2.45, 2.75) is 31.3 Å². The minimum atomic E-state index is -0.664. The Labute approximate surface area is 123 Å². The molecule has 0 bridgehead atoms. The van der Waals surface area contributed by atoms with E-state index in [0.29, 0.717) is 22.9 Å². The van der Waals surface area contributed by atoms with E-state index >= 15 is 0 Å². The van der Waals surface area contributed by atoms with E-state index in [1.54, 1.807) is 0 Å². The minimum Gasteiger partial charge on any atom is -0.388 e. The quantitative estimate of drug-likeness (QED) is 0.870. The first-order valence-corrected chi connectivity index (χ1v) is 7.23. The molecule has 1 aliphatic rings. The highest BCUT2D eigenvalue weighted by Crippen LogP contribution is 2.40. The van der Waals surface area contributed by atoms with Crippen LogP contribution in [-0.4, -0.2) is 5.11 Å². The summed E-state index contributed by atoms with van der Waals surface area (Å²) in [6.45, 7) is 0. The first-order valence-electron chi connectivity index (χ1n) is 6.85. The van der Waals surface area contributed by atoms with E-state index in [4.69, 9.17) is 11.6 Å². The summed E-state index contributed by atoms with van der Waals surface area (Å²) in [5, 5.41) is 10.7. The van der Waals surface area contributed by atoms with Crippen molar-refractivity contribution in [3.63, 3.8) is 0 Å². The number of aliphatic hydroxyl groups excluding tert-OH is 1. The Balaban J connectivity index is 1.74. The predicted octanol–water partition coefficient (Wildman–Crippen LogP) is 4.63. The average molecular weight is 291 g/mol. The van der Waals surface area contributed by atoms with Gasteiger partial charge < -0.3 is 5.11 Å². The first-order chi connectivity index (χ1) is 9.63. The van der Waals surface area contributed by atoms with Crippen molar-refractivity contribution in [3.8, 4) is 0 Å². The third-order valence-corrected chi connectivity index (χ3v) is 4.16. The molecule has 2 aromatic rings. The van der Waals surface area contributed by atoms with Crippen LogP contribution >= 0.6 is 11.6 Å². The Bertz CT molecular complexity index is 605. The molecule has 1 atom stereocenters. The molecule has 2 aromatic carbocycles. The van der Waals surface area contributed by atoms with Crippen LogP contribution in [0.4, 0.5) is 4.39 Å². The number of hydrogen-bond acceptors (Lipinski definition) is 1. The second kappa shape index (κ2) is 5.55. The van der Waals surface area contributed by atoms with E-state index in [1.165, 1.54) is 36.6 Å². The van der Waals surface area contributed by atoms with Gasteiger partial charge in [0.15, 0.2) is 0 Å². The van der Waals surface area contributed by atoms with Crippen LogP contribution in [0, 0.1) is 5.82 Å². The average Bonchev–Trinajstić information content (AvgIpc) is 3.27. The zero-order chi connectivity index (χ0) is 14.1. The Kier molecular flexibility index (Phi) is 3.77. The molecule has 1 saturated carbocycles. The summed E-state index contributed by atoms with van der Waals surface area (Å²) in [5.74, 6) is 0.375. The molecule has 0 spiro atoms. The van der Waals surface area contributed by atoms with Gasteiger partial charge in [0.1, 0.15) is 5.82 Å². The summed E-state index contributed by atoms with van der Waals surface area (Å²) in [7, 11) is 0. The van der Waals surface area contributed by atoms with Crippen LogP contribution in [0.3, 0.4) is 0 Å². The molecule has 3 heteroatoms. The van der Waals surface area contributed by atoms with Gasteiger partial charge in [0.2, 0.25) is 0 Å². The van der Waals surface area contributed by atoms with Gasteiger partial charge in [-0.05, 0) is 53.6 Å². The van der Waals surface area contributed by atoms with Gasteiger partial charge in [0.25, 0.3) is 0 Å². The number of hydrogen-bond donors (Lipinski definition) is 1. The molecule has 1 nitrogen and oxygen atoms in total. The third kappa shape index (κ3) is 3.02. The Morgan fingerprint density at radius 1 is 1.15 bits per heavy atom. The SMILES string of the molecule is OC(Cc1cc(F)ccc1Cl)c1ccc(C2CC2)cc1. The molecule has 1 fully saturated rings. The highest BCUT2D eigenvalue weighted by atomic mass is 35.5. The molecule has 1 unspecified atom stereocenters. The lowest BCUT2D eigenvalue weighted by Gasteiger charge is -2.13. The lowest BCUT2D eigenvalue weighted by Crippen LogP contribution is -2.03. The maximum absolute atomic E-state index is 13.2. The van der Waals surface area contributed by atoms with Crippen LogP contribution in [0.1, 0.15) is 41.6 Å². The molecule has 0 saturated heterocycles. The topological polar surface area (TPSA) is 20.2 Å². The van der Waals surface area contributed by atoms with Crippen molar-refractivity contribution in [1.29, 1.82) is 0 Å². The normalized spacial score (nSPS) is 16.1. The van der Waals surface area contributed by atoms with E-state index in [1.807, 2.05) is 12.1 Å². The molecule has 104 valence electrons. The summed E-state index contributed by atoms with van der Waals surface area (Å²) < 4.78 is 13.2. The second-order valence-corrected chi connectivity index (χ2v) is 5.80. The fourth-order valence-electron chi connectivity index (χ4n) is 2.43. The molecule has 0 heterocycles. The number of rotatable bonds is 4. The Morgan fingerprint density at radius 3 is 2.50 bits per heavy atom. The Hall–Kier alpha value is -1.38. The van der Waals surface area contributed by atoms with Gasteiger partial charge >= 0.3 is 0 Å². The maximum atomic E-state index is 13.2. The van der Waals surface area contributed by atoms with E-state index in [9.17, 15) is 9.50 Å². The van der Waals surface area contributed by atoms with Crippen molar-refractivity contribution in [1.82, 2.24) is 0 Å². The summed E-state index contributed by atoms with van der Waals surface area (Å²) in [6, 6.07) is 12.3. The van der Waals surface area contributed by atoms with Gasteiger partial charge in [-0.3, -0.25) is 0 Å². The summed E-state index contributed by atoms with van der Waals surface area (Å²) in [4.78, 5) is 0. The predicted molar refractivity (Wildman–Crippen MR) is 78.5 cm³/mol. The number of benzene rings is 2. The van der Waals surface area contributed by atoms with Gasteiger partial charge in [-0.1, -0.05) is 35.9 Å². The molecule has 0 aromatic heterocycles. The smallest absolute Gasteiger partial charge is 0.123 e. The van der Waals surface area contributed by atoms with Crippen molar-refractivity contribution < 1.29 is 9.50 Å². The van der Waals surface area contributed by atoms with E-state index in [0.717, 1.165) is 5.56 Å². The van der Waals surface area contributed by atoms with Crippen LogP contribution in [-0.2, 0) is 6.42 Å². The van der Waals surface area contributed by atoms with E-state index < -0.39 is 6.10 Å². The summed E-state index contributed by atoms with van der Waals surface area (Å²) in [5.41, 5.74) is 2.81. The molecule has 3 rings (SSSR count). The van der Waals surface area contributed by atoms with Gasteiger partial charge in [-0.2, -0.15) is 0 Å². The molecule has 0 aliphatic heterocycles. The highest BCUT2D eigenvalue weighted by molar-refractivity contribution is 6.31. The molecular weight excluding hydrogens is 275 g/mol. The zero-order valence-electron chi connectivity index (χ0n) is 11.0. The third-order valence-electron chi connectivity index (χ3n) is 3.79. The summed E-state index contributed by atoms with van der Waals surface area (Å²) in [6.07, 6.45) is 2.18. The fraction of sp³-hybridized carbons (Fsp3) is 0.294. The molecule has 0 radical (unpaired) electrons. The van der Waals surface area contributed by atoms with Gasteiger partial charge in [0.05, 0.1) is 6.10 Å². The summed E-state index contributed by atoms with van der Waals surface area (Å²) >= 11 is 6.03. The zero-order valence-corrected chi connectivity index (χ0v) is 11.8. The number of aliphatic hydroxyl groups is 1. The minimum absolute atomic E-state index is 0.319. The van der Waals surface area contributed by atoms with Crippen LogP contribution < -0.4 is 0 Å². The van der Waals surface area contributed by atoms with Crippen LogP contribution in [0.5, 0.6) is 0 Å². The highest BCUT2D eigenvalue weighted by Gasteiger charge is 2.23. The van der Waals surface area contributed by atoms with Gasteiger partial charge in [0, 0.05) is 11.4 Å². The molecular formula is C17H16ClFO. The van der Waals surface area contributed by atoms with Gasteiger partial charge in [-0.25, -0.2) is 4.39 Å². The first kappa shape index (κ1) is 13.6. The standard InChI is InChI=1S/C17H16ClFO/c18-16-8-7-15(19)9-14(16)10-17(20)13-5-3-12(4-6-13)11-1-2-11/h3-9,11,17,20H,1-2,10H2. The second-order valence-electron chi connectivity index (χ2n) is 5.40. The fourth-order valence-corrected chi connectivity index (χ4v) is 2.63. The molecule has 0 amide bonds. The number of halogens is 2.